The highest BCUT2D eigenvalue weighted by Crippen LogP contribution is 2.10. The standard InChI is InChI=1S/C17H32N2O6/c1-16(2,3)24-14(22)18-10-8-7-9-12(11-13(20)21)19-15(23)25-17(4,5)6/h12H,7-11H2,1-6H3,(H,18,22)(H,19,23)(H,20,21)/t12-/m0/s1. The summed E-state index contributed by atoms with van der Waals surface area (Å²) >= 11 is 0. The summed E-state index contributed by atoms with van der Waals surface area (Å²) in [6.45, 7) is 11.0. The van der Waals surface area contributed by atoms with Gasteiger partial charge in [0.1, 0.15) is 11.2 Å². The van der Waals surface area contributed by atoms with Crippen LogP contribution in [0.4, 0.5) is 9.59 Å². The second-order valence-corrected chi connectivity index (χ2v) is 7.87. The van der Waals surface area contributed by atoms with Crippen molar-refractivity contribution in [3.8, 4) is 0 Å². The molecule has 8 heteroatoms. The average molecular weight is 360 g/mol. The predicted molar refractivity (Wildman–Crippen MR) is 93.5 cm³/mol. The van der Waals surface area contributed by atoms with E-state index >= 15 is 0 Å². The minimum atomic E-state index is -0.993. The Morgan fingerprint density at radius 3 is 1.92 bits per heavy atom. The maximum absolute atomic E-state index is 11.8. The summed E-state index contributed by atoms with van der Waals surface area (Å²) in [7, 11) is 0. The van der Waals surface area contributed by atoms with E-state index in [9.17, 15) is 14.4 Å². The van der Waals surface area contributed by atoms with Crippen LogP contribution >= 0.6 is 0 Å². The maximum atomic E-state index is 11.8. The average Bonchev–Trinajstić information content (AvgIpc) is 2.32. The van der Waals surface area contributed by atoms with Gasteiger partial charge >= 0.3 is 18.2 Å². The smallest absolute Gasteiger partial charge is 0.407 e. The van der Waals surface area contributed by atoms with Crippen molar-refractivity contribution in [2.24, 2.45) is 0 Å². The van der Waals surface area contributed by atoms with Crippen molar-refractivity contribution in [3.05, 3.63) is 0 Å². The largest absolute Gasteiger partial charge is 0.481 e. The zero-order chi connectivity index (χ0) is 19.7. The lowest BCUT2D eigenvalue weighted by atomic mass is 10.1. The molecule has 0 radical (unpaired) electrons. The number of aliphatic carboxylic acids is 1. The van der Waals surface area contributed by atoms with E-state index in [1.165, 1.54) is 0 Å². The molecule has 0 aromatic carbocycles. The molecule has 8 nitrogen and oxygen atoms in total. The van der Waals surface area contributed by atoms with Gasteiger partial charge in [0.05, 0.1) is 6.42 Å². The fourth-order valence-electron chi connectivity index (χ4n) is 1.93. The zero-order valence-electron chi connectivity index (χ0n) is 16.1. The molecule has 146 valence electrons. The van der Waals surface area contributed by atoms with Crippen molar-refractivity contribution in [2.45, 2.75) is 84.5 Å². The third kappa shape index (κ3) is 15.3. The lowest BCUT2D eigenvalue weighted by Gasteiger charge is -2.23. The van der Waals surface area contributed by atoms with E-state index in [4.69, 9.17) is 14.6 Å². The topological polar surface area (TPSA) is 114 Å². The number of rotatable bonds is 8. The number of ether oxygens (including phenoxy) is 2. The van der Waals surface area contributed by atoms with Crippen LogP contribution in [0.2, 0.25) is 0 Å². The Kier molecular flexibility index (Phi) is 9.30. The first kappa shape index (κ1) is 23.0. The van der Waals surface area contributed by atoms with Gasteiger partial charge in [0, 0.05) is 12.6 Å². The maximum Gasteiger partial charge on any atom is 0.407 e. The number of hydrogen-bond donors (Lipinski definition) is 3. The van der Waals surface area contributed by atoms with Crippen molar-refractivity contribution >= 4 is 18.2 Å². The lowest BCUT2D eigenvalue weighted by Crippen LogP contribution is -2.40. The molecule has 0 spiro atoms. The Morgan fingerprint density at radius 1 is 0.920 bits per heavy atom. The van der Waals surface area contributed by atoms with E-state index in [1.807, 2.05) is 0 Å². The molecule has 0 unspecified atom stereocenters. The number of carboxylic acids is 1. The molecule has 0 rings (SSSR count). The van der Waals surface area contributed by atoms with Gasteiger partial charge in [0.25, 0.3) is 0 Å². The first-order valence-electron chi connectivity index (χ1n) is 8.46. The molecule has 0 bridgehead atoms. The second kappa shape index (κ2) is 10.1. The van der Waals surface area contributed by atoms with Gasteiger partial charge in [-0.25, -0.2) is 9.59 Å². The molecule has 0 aromatic rings. The third-order valence-corrected chi connectivity index (χ3v) is 2.79. The highest BCUT2D eigenvalue weighted by atomic mass is 16.6. The number of carbonyl (C=O) groups is 3. The lowest BCUT2D eigenvalue weighted by molar-refractivity contribution is -0.137. The number of carboxylic acid groups (broad SMARTS) is 1. The predicted octanol–water partition coefficient (Wildman–Crippen LogP) is 3.05. The van der Waals surface area contributed by atoms with Crippen LogP contribution in [0.5, 0.6) is 0 Å². The number of hydrogen-bond acceptors (Lipinski definition) is 5. The molecule has 0 aliphatic rings. The number of amides is 2. The monoisotopic (exact) mass is 360 g/mol. The van der Waals surface area contributed by atoms with Crippen molar-refractivity contribution in [3.63, 3.8) is 0 Å². The van der Waals surface area contributed by atoms with Crippen molar-refractivity contribution in [1.82, 2.24) is 10.6 Å². The molecular weight excluding hydrogens is 328 g/mol. The molecule has 0 aliphatic carbocycles. The Labute approximate surface area is 149 Å². The molecule has 0 fully saturated rings. The van der Waals surface area contributed by atoms with Gasteiger partial charge in [0.15, 0.2) is 0 Å². The van der Waals surface area contributed by atoms with Crippen LogP contribution in [0.3, 0.4) is 0 Å². The first-order chi connectivity index (χ1) is 11.3. The van der Waals surface area contributed by atoms with Crippen LogP contribution in [-0.2, 0) is 14.3 Å². The molecule has 1 atom stereocenters. The molecule has 3 N–H and O–H groups in total. The Morgan fingerprint density at radius 2 is 1.44 bits per heavy atom. The van der Waals surface area contributed by atoms with Crippen LogP contribution in [0.15, 0.2) is 0 Å². The van der Waals surface area contributed by atoms with Crippen LogP contribution in [0.25, 0.3) is 0 Å². The number of carbonyl (C=O) groups excluding carboxylic acids is 2. The molecule has 0 aliphatic heterocycles. The fourth-order valence-corrected chi connectivity index (χ4v) is 1.93. The van der Waals surface area contributed by atoms with E-state index in [2.05, 4.69) is 10.6 Å². The minimum absolute atomic E-state index is 0.182. The van der Waals surface area contributed by atoms with Gasteiger partial charge in [-0.3, -0.25) is 4.79 Å². The molecule has 0 heterocycles. The fraction of sp³-hybridized carbons (Fsp3) is 0.824. The SMILES string of the molecule is CC(C)(C)OC(=O)NCCCC[C@@H](CC(=O)O)NC(=O)OC(C)(C)C. The van der Waals surface area contributed by atoms with E-state index in [-0.39, 0.29) is 6.42 Å². The minimum Gasteiger partial charge on any atom is -0.481 e. The summed E-state index contributed by atoms with van der Waals surface area (Å²) in [5.74, 6) is -0.993. The summed E-state index contributed by atoms with van der Waals surface area (Å²) in [6, 6.07) is -0.520. The van der Waals surface area contributed by atoms with E-state index < -0.39 is 35.4 Å². The number of unbranched alkanes of at least 4 members (excludes halogenated alkanes) is 1. The summed E-state index contributed by atoms with van der Waals surface area (Å²) in [6.07, 6.45) is 0.460. The van der Waals surface area contributed by atoms with E-state index in [0.29, 0.717) is 25.8 Å². The normalized spacial score (nSPS) is 12.9. The molecular formula is C17H32N2O6. The summed E-state index contributed by atoms with van der Waals surface area (Å²) in [4.78, 5) is 34.2. The van der Waals surface area contributed by atoms with Crippen LogP contribution < -0.4 is 10.6 Å². The zero-order valence-corrected chi connectivity index (χ0v) is 16.1. The quantitative estimate of drug-likeness (QED) is 0.573. The van der Waals surface area contributed by atoms with Crippen molar-refractivity contribution < 1.29 is 29.0 Å². The van der Waals surface area contributed by atoms with Gasteiger partial charge in [0.2, 0.25) is 0 Å². The Hall–Kier alpha value is -1.99. The van der Waals surface area contributed by atoms with Crippen LogP contribution in [0.1, 0.15) is 67.2 Å². The number of nitrogens with one attached hydrogen (secondary N) is 2. The summed E-state index contributed by atoms with van der Waals surface area (Å²) in [5.41, 5.74) is -1.19. The van der Waals surface area contributed by atoms with Gasteiger partial charge in [-0.05, 0) is 60.8 Å². The van der Waals surface area contributed by atoms with Crippen LogP contribution in [-0.4, -0.2) is 47.1 Å². The molecule has 0 saturated carbocycles. The Balaban J connectivity index is 4.18. The molecule has 0 saturated heterocycles. The molecule has 0 aromatic heterocycles. The summed E-state index contributed by atoms with van der Waals surface area (Å²) in [5, 5.41) is 14.2. The molecule has 25 heavy (non-hydrogen) atoms. The summed E-state index contributed by atoms with van der Waals surface area (Å²) < 4.78 is 10.3. The molecule has 2 amide bonds. The highest BCUT2D eigenvalue weighted by Gasteiger charge is 2.21. The van der Waals surface area contributed by atoms with Gasteiger partial charge in [-0.1, -0.05) is 0 Å². The van der Waals surface area contributed by atoms with Gasteiger partial charge in [-0.2, -0.15) is 0 Å². The highest BCUT2D eigenvalue weighted by molar-refractivity contribution is 5.71. The van der Waals surface area contributed by atoms with Crippen molar-refractivity contribution in [1.29, 1.82) is 0 Å². The van der Waals surface area contributed by atoms with E-state index in [1.54, 1.807) is 41.5 Å². The second-order valence-electron chi connectivity index (χ2n) is 7.87. The number of alkyl carbamates (subject to hydrolysis) is 2. The van der Waals surface area contributed by atoms with Gasteiger partial charge < -0.3 is 25.2 Å². The van der Waals surface area contributed by atoms with Crippen LogP contribution in [0, 0.1) is 0 Å². The van der Waals surface area contributed by atoms with E-state index in [0.717, 1.165) is 0 Å². The Bertz CT molecular complexity index is 451. The van der Waals surface area contributed by atoms with Gasteiger partial charge in [-0.15, -0.1) is 0 Å². The van der Waals surface area contributed by atoms with Crippen molar-refractivity contribution in [2.75, 3.05) is 6.54 Å². The first-order valence-corrected chi connectivity index (χ1v) is 8.46. The third-order valence-electron chi connectivity index (χ3n) is 2.79.